The summed E-state index contributed by atoms with van der Waals surface area (Å²) in [5.41, 5.74) is 17.0. The van der Waals surface area contributed by atoms with Gasteiger partial charge in [0.2, 0.25) is 0 Å². The Balaban J connectivity index is 8.39. The summed E-state index contributed by atoms with van der Waals surface area (Å²) in [5.74, 6) is 8.26. The van der Waals surface area contributed by atoms with Gasteiger partial charge in [0.25, 0.3) is 0 Å². The van der Waals surface area contributed by atoms with E-state index >= 15 is 0 Å². The van der Waals surface area contributed by atoms with Gasteiger partial charge in [-0.05, 0) is 33.2 Å². The van der Waals surface area contributed by atoms with Crippen molar-refractivity contribution >= 4 is 32.3 Å². The average molecular weight is 657 g/mol. The lowest BCUT2D eigenvalue weighted by molar-refractivity contribution is 0.833. The maximum absolute atomic E-state index is 4.21. The summed E-state index contributed by atoms with van der Waals surface area (Å²) in [7, 11) is -6.93. The minimum atomic E-state index is -1.94. The van der Waals surface area contributed by atoms with Gasteiger partial charge in [0.1, 0.15) is 21.6 Å². The quantitative estimate of drug-likeness (QED) is 0.115. The van der Waals surface area contributed by atoms with Crippen LogP contribution in [-0.4, -0.2) is 32.3 Å². The van der Waals surface area contributed by atoms with E-state index in [1.165, 1.54) is 36.3 Å². The fraction of sp³-hybridized carbons (Fsp3) is 0.795. The van der Waals surface area contributed by atoms with Crippen molar-refractivity contribution in [3.63, 3.8) is 0 Å². The molecule has 43 heavy (non-hydrogen) atoms. The average Bonchev–Trinajstić information content (AvgIpc) is 2.94. The van der Waals surface area contributed by atoms with Crippen LogP contribution in [0, 0.1) is 28.3 Å². The van der Waals surface area contributed by atoms with Gasteiger partial charge in [-0.25, -0.2) is 0 Å². The third kappa shape index (κ3) is 9.73. The topological polar surface area (TPSA) is 0 Å². The Kier molecular flexibility index (Phi) is 17.8. The zero-order chi connectivity index (χ0) is 33.9. The first-order valence-electron chi connectivity index (χ1n) is 18.3. The molecule has 0 saturated heterocycles. The highest BCUT2D eigenvalue weighted by Crippen LogP contribution is 2.43. The van der Waals surface area contributed by atoms with Crippen LogP contribution in [-0.2, 0) is 0 Å². The molecule has 0 radical (unpaired) electrons. The lowest BCUT2D eigenvalue weighted by Gasteiger charge is -2.39. The van der Waals surface area contributed by atoms with Crippen molar-refractivity contribution in [1.29, 1.82) is 0 Å². The van der Waals surface area contributed by atoms with Crippen LogP contribution in [0.25, 0.3) is 0 Å². The Bertz CT molecular complexity index is 853. The molecule has 0 rings (SSSR count). The normalized spacial score (nSPS) is 14.1. The van der Waals surface area contributed by atoms with Crippen molar-refractivity contribution in [2.75, 3.05) is 0 Å². The lowest BCUT2D eigenvalue weighted by Crippen LogP contribution is -2.44. The van der Waals surface area contributed by atoms with Crippen LogP contribution in [0.5, 0.6) is 0 Å². The van der Waals surface area contributed by atoms with Crippen molar-refractivity contribution < 1.29 is 0 Å². The Labute approximate surface area is 277 Å². The molecule has 0 aliphatic carbocycles. The summed E-state index contributed by atoms with van der Waals surface area (Å²) >= 11 is 0. The van der Waals surface area contributed by atoms with E-state index in [0.717, 1.165) is 0 Å². The summed E-state index contributed by atoms with van der Waals surface area (Å²) < 4.78 is 0. The molecular weight excluding hydrogens is 581 g/mol. The van der Waals surface area contributed by atoms with Crippen LogP contribution < -0.4 is 0 Å². The van der Waals surface area contributed by atoms with Crippen molar-refractivity contribution in [2.45, 2.75) is 194 Å². The minimum Gasteiger partial charge on any atom is -0.128 e. The highest BCUT2D eigenvalue weighted by Gasteiger charge is 2.44. The van der Waals surface area contributed by atoms with Crippen molar-refractivity contribution in [3.8, 4) is 22.9 Å². The van der Waals surface area contributed by atoms with Gasteiger partial charge in [-0.3, -0.25) is 0 Å². The molecule has 0 amide bonds. The Hall–Kier alpha value is -0.532. The molecule has 0 unspecified atom stereocenters. The Morgan fingerprint density at radius 1 is 0.419 bits per heavy atom. The smallest absolute Gasteiger partial charge is 0.128 e. The van der Waals surface area contributed by atoms with E-state index < -0.39 is 37.7 Å². The molecule has 0 atom stereocenters. The van der Waals surface area contributed by atoms with Gasteiger partial charge in [0, 0.05) is 0 Å². The molecule has 0 nitrogen and oxygen atoms in total. The zero-order valence-electron chi connectivity index (χ0n) is 32.5. The largest absolute Gasteiger partial charge is 0.146 e. The molecule has 0 fully saturated rings. The molecule has 248 valence electrons. The third-order valence-corrected chi connectivity index (χ3v) is 35.1. The number of hydrogen-bond donors (Lipinski definition) is 0. The van der Waals surface area contributed by atoms with Crippen LogP contribution in [0.1, 0.15) is 125 Å². The molecule has 0 spiro atoms. The van der Waals surface area contributed by atoms with E-state index in [-0.39, 0.29) is 0 Å². The molecule has 0 saturated carbocycles. The molecular formula is C39H76Si4. The summed E-state index contributed by atoms with van der Waals surface area (Å²) in [6, 6.07) is 7.75. The van der Waals surface area contributed by atoms with Crippen LogP contribution in [0.4, 0.5) is 0 Å². The number of allylic oxidation sites excluding steroid dienone is 2. The highest BCUT2D eigenvalue weighted by atomic mass is 28.3. The predicted octanol–water partition coefficient (Wildman–Crippen LogP) is 13.6. The van der Waals surface area contributed by atoms with Gasteiger partial charge >= 0.3 is 0 Å². The Morgan fingerprint density at radius 2 is 0.628 bits per heavy atom. The second kappa shape index (κ2) is 18.0. The molecule has 4 heteroatoms. The summed E-state index contributed by atoms with van der Waals surface area (Å²) in [6.07, 6.45) is 5.12. The molecule has 0 aromatic carbocycles. The predicted molar refractivity (Wildman–Crippen MR) is 213 cm³/mol. The van der Waals surface area contributed by atoms with Gasteiger partial charge in [-0.2, -0.15) is 0 Å². The van der Waals surface area contributed by atoms with E-state index in [1.54, 1.807) is 0 Å². The monoisotopic (exact) mass is 657 g/mol. The first kappa shape index (κ1) is 42.5. The van der Waals surface area contributed by atoms with Crippen LogP contribution in [0.15, 0.2) is 23.6 Å². The fourth-order valence-corrected chi connectivity index (χ4v) is 24.6. The first-order valence-corrected chi connectivity index (χ1v) is 28.2. The fourth-order valence-electron chi connectivity index (χ4n) is 8.37. The van der Waals surface area contributed by atoms with Crippen molar-refractivity contribution in [3.05, 3.63) is 23.6 Å². The zero-order valence-corrected chi connectivity index (χ0v) is 36.5. The summed E-state index contributed by atoms with van der Waals surface area (Å²) in [4.78, 5) is 0. The van der Waals surface area contributed by atoms with Crippen molar-refractivity contribution in [1.82, 2.24) is 0 Å². The van der Waals surface area contributed by atoms with Crippen LogP contribution in [0.3, 0.4) is 0 Å². The van der Waals surface area contributed by atoms with Gasteiger partial charge < -0.3 is 0 Å². The molecule has 0 bridgehead atoms. The molecule has 0 aromatic rings. The second-order valence-electron chi connectivity index (χ2n) is 15.7. The van der Waals surface area contributed by atoms with Gasteiger partial charge in [0.15, 0.2) is 0 Å². The van der Waals surface area contributed by atoms with Crippen molar-refractivity contribution in [2.24, 2.45) is 5.41 Å². The molecule has 0 aliphatic heterocycles. The summed E-state index contributed by atoms with van der Waals surface area (Å²) in [5, 5.41) is 0. The van der Waals surface area contributed by atoms with Gasteiger partial charge in [-0.15, -0.1) is 11.1 Å². The van der Waals surface area contributed by atoms with E-state index in [1.807, 2.05) is 0 Å². The first-order chi connectivity index (χ1) is 19.9. The maximum Gasteiger partial charge on any atom is 0.146 e. The third-order valence-electron chi connectivity index (χ3n) is 12.3. The van der Waals surface area contributed by atoms with Crippen LogP contribution in [0.2, 0.25) is 69.5 Å². The van der Waals surface area contributed by atoms with E-state index in [0.29, 0.717) is 33.2 Å². The standard InChI is InChI=1S/C39H76Si4/c1-19-40(20-2,21-3)29-25-39(26-30-41(22-4,23-5)24-6,27-31-42(33(7)8,34(9)10)35(11)12)28-32-43(36(13)14,37(15)16)38(17)18/h25-26,29-30,33-38H,19-24H2,1-18H3/b29-25+,30-26+. The molecule has 0 aromatic heterocycles. The maximum atomic E-state index is 4.21. The molecule has 0 heterocycles. The van der Waals surface area contributed by atoms with Gasteiger partial charge in [-0.1, -0.05) is 196 Å². The van der Waals surface area contributed by atoms with E-state index in [4.69, 9.17) is 0 Å². The Morgan fingerprint density at radius 3 is 0.791 bits per heavy atom. The van der Waals surface area contributed by atoms with E-state index in [9.17, 15) is 0 Å². The summed E-state index contributed by atoms with van der Waals surface area (Å²) in [6.45, 7) is 43.9. The highest BCUT2D eigenvalue weighted by molar-refractivity contribution is 6.91. The molecule has 0 aliphatic rings. The second-order valence-corrected chi connectivity index (χ2v) is 37.2. The SMILES string of the molecule is CC[Si](/C=C/C(C#C[Si](C(C)C)(C(C)C)C(C)C)(C#C[Si](C(C)C)(C(C)C)C(C)C)/C=C/[Si](CC)(CC)CC)(CC)CC. The van der Waals surface area contributed by atoms with Crippen LogP contribution >= 0.6 is 0 Å². The number of hydrogen-bond acceptors (Lipinski definition) is 0. The minimum absolute atomic E-state index is 0.511. The number of rotatable bonds is 16. The van der Waals surface area contributed by atoms with Gasteiger partial charge in [0.05, 0.1) is 16.1 Å². The lowest BCUT2D eigenvalue weighted by atomic mass is 9.91. The molecule has 0 N–H and O–H groups in total. The van der Waals surface area contributed by atoms with E-state index in [2.05, 4.69) is 171 Å².